The first kappa shape index (κ1) is 22.0. The zero-order valence-corrected chi connectivity index (χ0v) is 17.1. The summed E-state index contributed by atoms with van der Waals surface area (Å²) in [5, 5.41) is 5.31. The van der Waals surface area contributed by atoms with Crippen LogP contribution in [0.15, 0.2) is 54.6 Å². The van der Waals surface area contributed by atoms with E-state index in [0.29, 0.717) is 18.7 Å². The van der Waals surface area contributed by atoms with E-state index in [1.807, 2.05) is 36.4 Å². The third-order valence-corrected chi connectivity index (χ3v) is 4.74. The number of nitrogens with one attached hydrogen (secondary N) is 2. The fourth-order valence-electron chi connectivity index (χ4n) is 3.24. The van der Waals surface area contributed by atoms with Crippen LogP contribution in [0.4, 0.5) is 11.4 Å². The average molecular weight is 423 g/mol. The zero-order valence-electron chi connectivity index (χ0n) is 17.1. The van der Waals surface area contributed by atoms with E-state index in [2.05, 4.69) is 10.6 Å². The molecule has 31 heavy (non-hydrogen) atoms. The van der Waals surface area contributed by atoms with Gasteiger partial charge in [-0.1, -0.05) is 36.4 Å². The van der Waals surface area contributed by atoms with Gasteiger partial charge in [0.2, 0.25) is 11.8 Å². The van der Waals surface area contributed by atoms with Gasteiger partial charge in [0.15, 0.2) is 6.61 Å². The van der Waals surface area contributed by atoms with Gasteiger partial charge in [-0.15, -0.1) is 0 Å². The number of carbonyl (C=O) groups excluding carboxylic acids is 4. The maximum absolute atomic E-state index is 12.1. The Morgan fingerprint density at radius 1 is 1.00 bits per heavy atom. The van der Waals surface area contributed by atoms with Crippen molar-refractivity contribution in [2.45, 2.75) is 25.7 Å². The Balaban J connectivity index is 1.35. The van der Waals surface area contributed by atoms with Crippen molar-refractivity contribution in [1.82, 2.24) is 5.32 Å². The summed E-state index contributed by atoms with van der Waals surface area (Å²) in [6.45, 7) is 0.372. The van der Waals surface area contributed by atoms with Crippen LogP contribution in [0.1, 0.15) is 24.8 Å². The van der Waals surface area contributed by atoms with Crippen molar-refractivity contribution in [3.8, 4) is 0 Å². The van der Waals surface area contributed by atoms with Gasteiger partial charge in [-0.05, 0) is 30.2 Å². The minimum absolute atomic E-state index is 0.0274. The van der Waals surface area contributed by atoms with Crippen LogP contribution in [0.3, 0.4) is 0 Å². The first-order valence-corrected chi connectivity index (χ1v) is 10.2. The molecule has 0 saturated carbocycles. The molecule has 2 aromatic carbocycles. The molecule has 0 atom stereocenters. The number of hydrogen-bond donors (Lipinski definition) is 2. The molecule has 1 fully saturated rings. The van der Waals surface area contributed by atoms with Gasteiger partial charge in [-0.25, -0.2) is 0 Å². The van der Waals surface area contributed by atoms with E-state index < -0.39 is 18.5 Å². The van der Waals surface area contributed by atoms with Crippen molar-refractivity contribution in [3.05, 3.63) is 60.2 Å². The predicted molar refractivity (Wildman–Crippen MR) is 115 cm³/mol. The van der Waals surface area contributed by atoms with Crippen molar-refractivity contribution >= 4 is 35.1 Å². The van der Waals surface area contributed by atoms with E-state index in [1.54, 1.807) is 23.1 Å². The average Bonchev–Trinajstić information content (AvgIpc) is 3.19. The minimum Gasteiger partial charge on any atom is -0.456 e. The summed E-state index contributed by atoms with van der Waals surface area (Å²) in [6.07, 6.45) is 1.55. The van der Waals surface area contributed by atoms with Crippen LogP contribution in [-0.4, -0.2) is 43.4 Å². The number of nitrogens with zero attached hydrogens (tertiary/aromatic N) is 1. The van der Waals surface area contributed by atoms with Gasteiger partial charge in [0.25, 0.3) is 5.91 Å². The Labute approximate surface area is 180 Å². The van der Waals surface area contributed by atoms with Crippen LogP contribution in [0.2, 0.25) is 0 Å². The molecule has 1 aliphatic rings. The minimum atomic E-state index is -0.577. The number of ether oxygens (including phenoxy) is 1. The summed E-state index contributed by atoms with van der Waals surface area (Å²) < 4.78 is 4.96. The molecule has 0 aliphatic carbocycles. The van der Waals surface area contributed by atoms with Crippen LogP contribution in [0.25, 0.3) is 0 Å². The number of hydrogen-bond acceptors (Lipinski definition) is 5. The highest BCUT2D eigenvalue weighted by atomic mass is 16.5. The SMILES string of the molecule is O=C(Cc1ccccc1)NCCC(=O)OCC(=O)Nc1cccc(N2CCCC2=O)c1. The first-order valence-electron chi connectivity index (χ1n) is 10.2. The number of amides is 3. The highest BCUT2D eigenvalue weighted by Gasteiger charge is 2.21. The van der Waals surface area contributed by atoms with E-state index >= 15 is 0 Å². The van der Waals surface area contributed by atoms with Crippen molar-refractivity contribution in [3.63, 3.8) is 0 Å². The zero-order chi connectivity index (χ0) is 22.1. The molecular formula is C23H25N3O5. The Morgan fingerprint density at radius 3 is 2.55 bits per heavy atom. The predicted octanol–water partition coefficient (Wildman–Crippen LogP) is 2.04. The Bertz CT molecular complexity index is 945. The Morgan fingerprint density at radius 2 is 1.81 bits per heavy atom. The molecular weight excluding hydrogens is 398 g/mol. The second-order valence-corrected chi connectivity index (χ2v) is 7.17. The van der Waals surface area contributed by atoms with Crippen LogP contribution in [0.5, 0.6) is 0 Å². The lowest BCUT2D eigenvalue weighted by atomic mass is 10.1. The van der Waals surface area contributed by atoms with E-state index in [4.69, 9.17) is 4.74 Å². The summed E-state index contributed by atoms with van der Waals surface area (Å²) in [6, 6.07) is 16.3. The highest BCUT2D eigenvalue weighted by molar-refractivity contribution is 5.97. The quantitative estimate of drug-likeness (QED) is 0.601. The molecule has 162 valence electrons. The second-order valence-electron chi connectivity index (χ2n) is 7.17. The van der Waals surface area contributed by atoms with Crippen LogP contribution < -0.4 is 15.5 Å². The largest absolute Gasteiger partial charge is 0.456 e. The third-order valence-electron chi connectivity index (χ3n) is 4.74. The molecule has 1 heterocycles. The molecule has 2 aromatic rings. The van der Waals surface area contributed by atoms with E-state index in [-0.39, 0.29) is 31.2 Å². The maximum Gasteiger partial charge on any atom is 0.308 e. The second kappa shape index (κ2) is 10.9. The lowest BCUT2D eigenvalue weighted by molar-refractivity contribution is -0.147. The van der Waals surface area contributed by atoms with Gasteiger partial charge in [0, 0.05) is 30.9 Å². The molecule has 0 unspecified atom stereocenters. The molecule has 1 aliphatic heterocycles. The lowest BCUT2D eigenvalue weighted by Gasteiger charge is -2.16. The molecule has 8 nitrogen and oxygen atoms in total. The van der Waals surface area contributed by atoms with E-state index in [1.165, 1.54) is 0 Å². The molecule has 0 radical (unpaired) electrons. The van der Waals surface area contributed by atoms with Crippen molar-refractivity contribution < 1.29 is 23.9 Å². The van der Waals surface area contributed by atoms with Crippen molar-refractivity contribution in [1.29, 1.82) is 0 Å². The monoisotopic (exact) mass is 423 g/mol. The van der Waals surface area contributed by atoms with Gasteiger partial charge < -0.3 is 20.3 Å². The number of benzene rings is 2. The van der Waals surface area contributed by atoms with Crippen LogP contribution >= 0.6 is 0 Å². The van der Waals surface area contributed by atoms with Crippen LogP contribution in [-0.2, 0) is 30.3 Å². The van der Waals surface area contributed by atoms with E-state index in [9.17, 15) is 19.2 Å². The topological polar surface area (TPSA) is 105 Å². The lowest BCUT2D eigenvalue weighted by Crippen LogP contribution is -2.28. The van der Waals surface area contributed by atoms with Gasteiger partial charge in [-0.3, -0.25) is 19.2 Å². The molecule has 0 bridgehead atoms. The highest BCUT2D eigenvalue weighted by Crippen LogP contribution is 2.24. The Kier molecular flexibility index (Phi) is 7.75. The molecule has 3 rings (SSSR count). The molecule has 0 spiro atoms. The molecule has 3 amide bonds. The van der Waals surface area contributed by atoms with Crippen molar-refractivity contribution in [2.24, 2.45) is 0 Å². The Hall–Kier alpha value is -3.68. The number of esters is 1. The molecule has 2 N–H and O–H groups in total. The first-order chi connectivity index (χ1) is 15.0. The summed E-state index contributed by atoms with van der Waals surface area (Å²) in [7, 11) is 0. The summed E-state index contributed by atoms with van der Waals surface area (Å²) >= 11 is 0. The van der Waals surface area contributed by atoms with Gasteiger partial charge in [0.05, 0.1) is 12.8 Å². The molecule has 0 aromatic heterocycles. The fraction of sp³-hybridized carbons (Fsp3) is 0.304. The van der Waals surface area contributed by atoms with E-state index in [0.717, 1.165) is 17.7 Å². The molecule has 1 saturated heterocycles. The fourth-order valence-corrected chi connectivity index (χ4v) is 3.24. The summed E-state index contributed by atoms with van der Waals surface area (Å²) in [5.74, 6) is -1.18. The number of anilines is 2. The standard InChI is InChI=1S/C23H25N3O5/c27-20(14-17-6-2-1-3-7-17)24-12-11-23(30)31-16-21(28)25-18-8-4-9-19(15-18)26-13-5-10-22(26)29/h1-4,6-9,15H,5,10-14,16H2,(H,24,27)(H,25,28). The van der Waals surface area contributed by atoms with Crippen LogP contribution in [0, 0.1) is 0 Å². The van der Waals surface area contributed by atoms with Crippen molar-refractivity contribution in [2.75, 3.05) is 29.9 Å². The summed E-state index contributed by atoms with van der Waals surface area (Å²) in [5.41, 5.74) is 2.13. The number of carbonyl (C=O) groups is 4. The van der Waals surface area contributed by atoms with Gasteiger partial charge in [0.1, 0.15) is 0 Å². The number of rotatable bonds is 9. The smallest absolute Gasteiger partial charge is 0.308 e. The maximum atomic E-state index is 12.1. The molecule has 8 heteroatoms. The normalized spacial score (nSPS) is 13.0. The van der Waals surface area contributed by atoms with Gasteiger partial charge in [-0.2, -0.15) is 0 Å². The third kappa shape index (κ3) is 6.95. The summed E-state index contributed by atoms with van der Waals surface area (Å²) in [4.78, 5) is 49.3. The van der Waals surface area contributed by atoms with Gasteiger partial charge >= 0.3 is 5.97 Å².